The van der Waals surface area contributed by atoms with E-state index >= 15 is 0 Å². The second-order valence-corrected chi connectivity index (χ2v) is 15.2. The molecular weight excluding hydrogens is 719 g/mol. The van der Waals surface area contributed by atoms with Crippen molar-refractivity contribution in [2.75, 3.05) is 0 Å². The molecule has 12 rings (SSSR count). The molecule has 0 amide bonds. The minimum absolute atomic E-state index is 0.579. The third kappa shape index (κ3) is 5.73. The average Bonchev–Trinajstić information content (AvgIpc) is 3.67. The van der Waals surface area contributed by atoms with Crippen molar-refractivity contribution in [2.45, 2.75) is 0 Å². The molecule has 0 saturated carbocycles. The van der Waals surface area contributed by atoms with E-state index < -0.39 is 0 Å². The SMILES string of the molecule is c1ccc(-c2nc(-c3ccc4ccccc4c3)nc(-c3cc(-c4ccc(-c5ccc6ccc7ccccc7c6c5)cc4)c4c(c3)oc3cc5ccccc5cc34)n2)cc1. The normalized spacial score (nSPS) is 11.7. The molecule has 0 unspecified atom stereocenters. The molecule has 0 aliphatic heterocycles. The van der Waals surface area contributed by atoms with E-state index in [1.807, 2.05) is 30.3 Å². The minimum Gasteiger partial charge on any atom is -0.456 e. The second kappa shape index (κ2) is 13.3. The average molecular weight is 752 g/mol. The molecule has 59 heavy (non-hydrogen) atoms. The van der Waals surface area contributed by atoms with Crippen LogP contribution in [0.15, 0.2) is 205 Å². The van der Waals surface area contributed by atoms with E-state index in [2.05, 4.69) is 170 Å². The van der Waals surface area contributed by atoms with Gasteiger partial charge in [-0.05, 0) is 102 Å². The highest BCUT2D eigenvalue weighted by Crippen LogP contribution is 2.42. The predicted molar refractivity (Wildman–Crippen MR) is 244 cm³/mol. The number of rotatable bonds is 5. The Morgan fingerprint density at radius 1 is 0.271 bits per heavy atom. The Balaban J connectivity index is 1.06. The Kier molecular flexibility index (Phi) is 7.50. The third-order valence-corrected chi connectivity index (χ3v) is 11.6. The zero-order chi connectivity index (χ0) is 38.9. The maximum absolute atomic E-state index is 6.76. The van der Waals surface area contributed by atoms with Gasteiger partial charge in [0.05, 0.1) is 0 Å². The summed E-state index contributed by atoms with van der Waals surface area (Å²) in [6.07, 6.45) is 0. The van der Waals surface area contributed by atoms with Crippen LogP contribution in [0.5, 0.6) is 0 Å². The number of benzene rings is 10. The summed E-state index contributed by atoms with van der Waals surface area (Å²) < 4.78 is 6.76. The van der Waals surface area contributed by atoms with E-state index in [9.17, 15) is 0 Å². The van der Waals surface area contributed by atoms with Crippen LogP contribution in [0.3, 0.4) is 0 Å². The van der Waals surface area contributed by atoms with Crippen LogP contribution >= 0.6 is 0 Å². The standard InChI is InChI=1S/C55H33N3O/c1-2-12-39(13-3-1)53-56-54(44-27-20-34-10-4-5-14-40(34)28-44)58-55(57-53)45-31-48(52-49-30-41-15-6-7-16-42(41)32-50(49)59-51(52)33-45)38-21-18-35(19-22-38)43-26-25-37-24-23-36-11-8-9-17-46(36)47(37)29-43/h1-33H. The van der Waals surface area contributed by atoms with Crippen molar-refractivity contribution in [1.82, 2.24) is 15.0 Å². The van der Waals surface area contributed by atoms with Crippen LogP contribution in [0.2, 0.25) is 0 Å². The number of aromatic nitrogens is 3. The van der Waals surface area contributed by atoms with Crippen LogP contribution in [-0.2, 0) is 0 Å². The van der Waals surface area contributed by atoms with Crippen LogP contribution in [0.25, 0.3) is 121 Å². The lowest BCUT2D eigenvalue weighted by Gasteiger charge is -2.12. The highest BCUT2D eigenvalue weighted by molar-refractivity contribution is 6.16. The van der Waals surface area contributed by atoms with Gasteiger partial charge in [-0.25, -0.2) is 15.0 Å². The molecule has 0 atom stereocenters. The van der Waals surface area contributed by atoms with Gasteiger partial charge in [-0.3, -0.25) is 0 Å². The maximum atomic E-state index is 6.76. The number of fused-ring (bicyclic) bond motifs is 8. The lowest BCUT2D eigenvalue weighted by atomic mass is 9.93. The molecule has 0 saturated heterocycles. The van der Waals surface area contributed by atoms with E-state index in [0.717, 1.165) is 66.1 Å². The third-order valence-electron chi connectivity index (χ3n) is 11.6. The smallest absolute Gasteiger partial charge is 0.164 e. The summed E-state index contributed by atoms with van der Waals surface area (Å²) in [5, 5.41) is 11.7. The second-order valence-electron chi connectivity index (χ2n) is 15.2. The van der Waals surface area contributed by atoms with E-state index in [4.69, 9.17) is 19.4 Å². The van der Waals surface area contributed by atoms with Gasteiger partial charge in [0.1, 0.15) is 11.2 Å². The Morgan fingerprint density at radius 2 is 0.814 bits per heavy atom. The zero-order valence-electron chi connectivity index (χ0n) is 31.8. The summed E-state index contributed by atoms with van der Waals surface area (Å²) in [6, 6.07) is 70.7. The van der Waals surface area contributed by atoms with Crippen LogP contribution in [0.1, 0.15) is 0 Å². The Labute approximate surface area is 339 Å². The fourth-order valence-corrected chi connectivity index (χ4v) is 8.65. The Morgan fingerprint density at radius 3 is 1.59 bits per heavy atom. The van der Waals surface area contributed by atoms with Crippen molar-refractivity contribution in [3.63, 3.8) is 0 Å². The van der Waals surface area contributed by atoms with Crippen molar-refractivity contribution < 1.29 is 4.42 Å². The highest BCUT2D eigenvalue weighted by atomic mass is 16.3. The monoisotopic (exact) mass is 751 g/mol. The molecule has 4 heteroatoms. The van der Waals surface area contributed by atoms with E-state index in [1.54, 1.807) is 0 Å². The van der Waals surface area contributed by atoms with Gasteiger partial charge in [-0.1, -0.05) is 164 Å². The first-order valence-electron chi connectivity index (χ1n) is 19.9. The van der Waals surface area contributed by atoms with E-state index in [-0.39, 0.29) is 0 Å². The molecule has 10 aromatic carbocycles. The molecule has 2 heterocycles. The molecule has 0 aliphatic carbocycles. The molecule has 4 nitrogen and oxygen atoms in total. The number of nitrogens with zero attached hydrogens (tertiary/aromatic N) is 3. The van der Waals surface area contributed by atoms with Gasteiger partial charge in [0, 0.05) is 27.5 Å². The molecule has 12 aromatic rings. The molecule has 0 radical (unpaired) electrons. The first-order valence-corrected chi connectivity index (χ1v) is 19.9. The quantitative estimate of drug-likeness (QED) is 0.164. The minimum atomic E-state index is 0.579. The van der Waals surface area contributed by atoms with Gasteiger partial charge in [-0.15, -0.1) is 0 Å². The molecule has 0 N–H and O–H groups in total. The van der Waals surface area contributed by atoms with Gasteiger partial charge in [0.25, 0.3) is 0 Å². The van der Waals surface area contributed by atoms with Gasteiger partial charge in [0.2, 0.25) is 0 Å². The molecule has 2 aromatic heterocycles. The number of hydrogen-bond acceptors (Lipinski definition) is 4. The zero-order valence-corrected chi connectivity index (χ0v) is 31.8. The summed E-state index contributed by atoms with van der Waals surface area (Å²) in [4.78, 5) is 15.4. The first-order chi connectivity index (χ1) is 29.2. The first kappa shape index (κ1) is 33.2. The van der Waals surface area contributed by atoms with Crippen molar-refractivity contribution in [3.8, 4) is 56.4 Å². The molecule has 0 fully saturated rings. The summed E-state index contributed by atoms with van der Waals surface area (Å²) in [7, 11) is 0. The van der Waals surface area contributed by atoms with Gasteiger partial charge < -0.3 is 4.42 Å². The van der Waals surface area contributed by atoms with Crippen molar-refractivity contribution in [2.24, 2.45) is 0 Å². The largest absolute Gasteiger partial charge is 0.456 e. The maximum Gasteiger partial charge on any atom is 0.164 e. The molecule has 0 bridgehead atoms. The van der Waals surface area contributed by atoms with Crippen LogP contribution in [0, 0.1) is 0 Å². The van der Waals surface area contributed by atoms with E-state index in [0.29, 0.717) is 17.5 Å². The molecule has 0 aliphatic rings. The van der Waals surface area contributed by atoms with Crippen LogP contribution in [-0.4, -0.2) is 15.0 Å². The lowest BCUT2D eigenvalue weighted by Crippen LogP contribution is -2.00. The van der Waals surface area contributed by atoms with Gasteiger partial charge in [-0.2, -0.15) is 0 Å². The van der Waals surface area contributed by atoms with Crippen molar-refractivity contribution in [3.05, 3.63) is 200 Å². The van der Waals surface area contributed by atoms with Crippen LogP contribution in [0.4, 0.5) is 0 Å². The van der Waals surface area contributed by atoms with Crippen LogP contribution < -0.4 is 0 Å². The summed E-state index contributed by atoms with van der Waals surface area (Å²) >= 11 is 0. The van der Waals surface area contributed by atoms with Gasteiger partial charge in [0.15, 0.2) is 17.5 Å². The summed E-state index contributed by atoms with van der Waals surface area (Å²) in [5.41, 5.74) is 8.79. The van der Waals surface area contributed by atoms with Crippen molar-refractivity contribution in [1.29, 1.82) is 0 Å². The Bertz CT molecular complexity index is 3610. The fourth-order valence-electron chi connectivity index (χ4n) is 8.65. The van der Waals surface area contributed by atoms with Gasteiger partial charge >= 0.3 is 0 Å². The Hall–Kier alpha value is -7.95. The topological polar surface area (TPSA) is 51.8 Å². The van der Waals surface area contributed by atoms with E-state index in [1.165, 1.54) is 37.9 Å². The summed E-state index contributed by atoms with van der Waals surface area (Å²) in [6.45, 7) is 0. The fraction of sp³-hybridized carbons (Fsp3) is 0. The highest BCUT2D eigenvalue weighted by Gasteiger charge is 2.20. The molecular formula is C55H33N3O. The molecule has 274 valence electrons. The molecule has 0 spiro atoms. The lowest BCUT2D eigenvalue weighted by molar-refractivity contribution is 0.669. The number of hydrogen-bond donors (Lipinski definition) is 0. The number of furan rings is 1. The van der Waals surface area contributed by atoms with Crippen molar-refractivity contribution >= 4 is 65.0 Å². The predicted octanol–water partition coefficient (Wildman–Crippen LogP) is 14.7. The summed E-state index contributed by atoms with van der Waals surface area (Å²) in [5.74, 6) is 1.81.